The molecule has 3 N–H and O–H groups in total. The molecule has 200 valence electrons. The minimum absolute atomic E-state index is 0.276. The van der Waals surface area contributed by atoms with Crippen LogP contribution >= 0.6 is 0 Å². The molecule has 1 fully saturated rings. The molecule has 8 nitrogen and oxygen atoms in total. The van der Waals surface area contributed by atoms with Gasteiger partial charge in [-0.1, -0.05) is 26.2 Å². The first-order chi connectivity index (χ1) is 17.0. The van der Waals surface area contributed by atoms with E-state index in [9.17, 15) is 14.4 Å². The maximum Gasteiger partial charge on any atom is 0.329 e. The van der Waals surface area contributed by atoms with Crippen molar-refractivity contribution >= 4 is 28.6 Å². The molecular weight excluding hydrogens is 458 g/mol. The van der Waals surface area contributed by atoms with E-state index in [0.717, 1.165) is 38.6 Å². The number of aromatic nitrogens is 1. The summed E-state index contributed by atoms with van der Waals surface area (Å²) >= 11 is 0. The van der Waals surface area contributed by atoms with E-state index in [4.69, 9.17) is 15.2 Å². The van der Waals surface area contributed by atoms with E-state index in [1.54, 1.807) is 59.2 Å². The molecule has 1 aromatic carbocycles. The van der Waals surface area contributed by atoms with Crippen LogP contribution < -0.4 is 10.5 Å². The molecule has 1 aliphatic rings. The number of ether oxygens (including phenoxy) is 2. The van der Waals surface area contributed by atoms with Crippen LogP contribution in [0, 0.1) is 5.92 Å². The number of carbonyl (C=O) groups is 3. The number of Topliss-reactive ketones (excluding diaryl/α,β-unsaturated/α-hetero) is 1. The molecule has 3 rings (SSSR count). The fraction of sp³-hybridized carbons (Fsp3) is 0.607. The SMILES string of the molecule is CCCN.COc1ccc2c(C(=O)C(=O)N(CC3CCCCC3)C(C)C(=O)OC(C)(C)C)c[nH]c2c1. The quantitative estimate of drug-likeness (QED) is 0.303. The van der Waals surface area contributed by atoms with Crippen molar-refractivity contribution in [2.24, 2.45) is 11.7 Å². The van der Waals surface area contributed by atoms with Crippen molar-refractivity contribution < 1.29 is 23.9 Å². The molecule has 1 aliphatic carbocycles. The highest BCUT2D eigenvalue weighted by molar-refractivity contribution is 6.45. The summed E-state index contributed by atoms with van der Waals surface area (Å²) in [6, 6.07) is 4.44. The van der Waals surface area contributed by atoms with Crippen molar-refractivity contribution in [3.8, 4) is 5.75 Å². The number of hydrogen-bond donors (Lipinski definition) is 2. The van der Waals surface area contributed by atoms with Crippen LogP contribution in [-0.2, 0) is 14.3 Å². The summed E-state index contributed by atoms with van der Waals surface area (Å²) in [5.74, 6) is -0.879. The fourth-order valence-electron chi connectivity index (χ4n) is 4.24. The molecule has 36 heavy (non-hydrogen) atoms. The number of amides is 1. The third kappa shape index (κ3) is 8.08. The van der Waals surface area contributed by atoms with Gasteiger partial charge in [-0.2, -0.15) is 0 Å². The topological polar surface area (TPSA) is 115 Å². The van der Waals surface area contributed by atoms with E-state index >= 15 is 0 Å². The number of carbonyl (C=O) groups excluding carboxylic acids is 3. The summed E-state index contributed by atoms with van der Waals surface area (Å²) in [6.45, 7) is 10.3. The average Bonchev–Trinajstić information content (AvgIpc) is 3.29. The first-order valence-electron chi connectivity index (χ1n) is 13.0. The van der Waals surface area contributed by atoms with E-state index in [1.165, 1.54) is 11.3 Å². The second-order valence-corrected chi connectivity index (χ2v) is 10.4. The van der Waals surface area contributed by atoms with E-state index in [1.807, 2.05) is 0 Å². The first kappa shape index (κ1) is 29.4. The van der Waals surface area contributed by atoms with Crippen molar-refractivity contribution in [2.45, 2.75) is 84.8 Å². The Labute approximate surface area is 214 Å². The lowest BCUT2D eigenvalue weighted by Crippen LogP contribution is -2.50. The standard InChI is InChI=1S/C25H34N2O5.C3H9N/c1-16(24(30)32-25(2,3)4)27(15-17-9-7-6-8-10-17)23(29)22(28)20-14-26-21-13-18(31-5)11-12-19(20)21;1-2-3-4/h11-14,16-17,26H,6-10,15H2,1-5H3;2-4H2,1H3. The molecular formula is C28H43N3O5. The Morgan fingerprint density at radius 1 is 1.17 bits per heavy atom. The molecule has 1 saturated carbocycles. The summed E-state index contributed by atoms with van der Waals surface area (Å²) in [7, 11) is 1.57. The number of methoxy groups -OCH3 is 1. The Morgan fingerprint density at radius 3 is 2.36 bits per heavy atom. The monoisotopic (exact) mass is 501 g/mol. The van der Waals surface area contributed by atoms with E-state index < -0.39 is 29.3 Å². The second-order valence-electron chi connectivity index (χ2n) is 10.4. The molecule has 1 heterocycles. The third-order valence-electron chi connectivity index (χ3n) is 6.27. The molecule has 8 heteroatoms. The Balaban J connectivity index is 0.00000106. The average molecular weight is 502 g/mol. The van der Waals surface area contributed by atoms with Gasteiger partial charge in [0.15, 0.2) is 0 Å². The van der Waals surface area contributed by atoms with E-state index in [0.29, 0.717) is 23.2 Å². The highest BCUT2D eigenvalue weighted by Gasteiger charge is 2.35. The number of hydrogen-bond acceptors (Lipinski definition) is 6. The van der Waals surface area contributed by atoms with E-state index in [2.05, 4.69) is 11.9 Å². The zero-order chi connectivity index (χ0) is 26.9. The van der Waals surface area contributed by atoms with Crippen molar-refractivity contribution in [3.63, 3.8) is 0 Å². The number of nitrogens with one attached hydrogen (secondary N) is 1. The maximum absolute atomic E-state index is 13.4. The molecule has 0 spiro atoms. The Hall–Kier alpha value is -2.87. The van der Waals surface area contributed by atoms with Crippen LogP contribution in [0.2, 0.25) is 0 Å². The maximum atomic E-state index is 13.4. The van der Waals surface area contributed by atoms with Crippen molar-refractivity contribution in [3.05, 3.63) is 30.0 Å². The number of aromatic amines is 1. The van der Waals surface area contributed by atoms with Crippen LogP contribution in [0.5, 0.6) is 5.75 Å². The molecule has 0 bridgehead atoms. The summed E-state index contributed by atoms with van der Waals surface area (Å²) in [4.78, 5) is 43.9. The second kappa shape index (κ2) is 13.4. The predicted molar refractivity (Wildman–Crippen MR) is 142 cm³/mol. The van der Waals surface area contributed by atoms with E-state index in [-0.39, 0.29) is 11.5 Å². The summed E-state index contributed by atoms with van der Waals surface area (Å²) in [5.41, 5.74) is 5.35. The Morgan fingerprint density at radius 2 is 1.81 bits per heavy atom. The van der Waals surface area contributed by atoms with Gasteiger partial charge in [0.2, 0.25) is 0 Å². The minimum atomic E-state index is -0.849. The summed E-state index contributed by atoms with van der Waals surface area (Å²) in [6.07, 6.45) is 8.01. The van der Waals surface area contributed by atoms with Gasteiger partial charge in [0.05, 0.1) is 12.7 Å². The Kier molecular flexibility index (Phi) is 11.0. The first-order valence-corrected chi connectivity index (χ1v) is 13.0. The molecule has 0 aliphatic heterocycles. The van der Waals surface area contributed by atoms with Crippen molar-refractivity contribution in [1.82, 2.24) is 9.88 Å². The van der Waals surface area contributed by atoms with Crippen LogP contribution in [0.4, 0.5) is 0 Å². The minimum Gasteiger partial charge on any atom is -0.497 e. The summed E-state index contributed by atoms with van der Waals surface area (Å²) in [5, 5.41) is 0.645. The molecule has 1 atom stereocenters. The molecule has 0 saturated heterocycles. The van der Waals surface area contributed by atoms with Gasteiger partial charge in [-0.25, -0.2) is 4.79 Å². The number of ketones is 1. The highest BCUT2D eigenvalue weighted by Crippen LogP contribution is 2.27. The van der Waals surface area contributed by atoms with Crippen LogP contribution in [-0.4, -0.2) is 59.4 Å². The van der Waals surface area contributed by atoms with Gasteiger partial charge >= 0.3 is 5.97 Å². The predicted octanol–water partition coefficient (Wildman–Crippen LogP) is 4.85. The lowest BCUT2D eigenvalue weighted by molar-refractivity contribution is -0.163. The van der Waals surface area contributed by atoms with Gasteiger partial charge in [-0.15, -0.1) is 0 Å². The highest BCUT2D eigenvalue weighted by atomic mass is 16.6. The number of H-pyrrole nitrogens is 1. The van der Waals surface area contributed by atoms with Gasteiger partial charge in [0, 0.05) is 29.7 Å². The van der Waals surface area contributed by atoms with Gasteiger partial charge in [0.25, 0.3) is 11.7 Å². The smallest absolute Gasteiger partial charge is 0.329 e. The number of esters is 1. The fourth-order valence-corrected chi connectivity index (χ4v) is 4.24. The normalized spacial score (nSPS) is 15.0. The van der Waals surface area contributed by atoms with Crippen LogP contribution in [0.25, 0.3) is 10.9 Å². The number of nitrogens with two attached hydrogens (primary N) is 1. The molecule has 2 aromatic rings. The van der Waals surface area contributed by atoms with Gasteiger partial charge in [-0.05, 0) is 71.6 Å². The number of rotatable bonds is 8. The number of benzene rings is 1. The van der Waals surface area contributed by atoms with Crippen molar-refractivity contribution in [1.29, 1.82) is 0 Å². The molecule has 1 aromatic heterocycles. The van der Waals surface area contributed by atoms with Crippen LogP contribution in [0.15, 0.2) is 24.4 Å². The zero-order valence-electron chi connectivity index (χ0n) is 22.7. The summed E-state index contributed by atoms with van der Waals surface area (Å²) < 4.78 is 10.8. The van der Waals surface area contributed by atoms with Crippen LogP contribution in [0.3, 0.4) is 0 Å². The van der Waals surface area contributed by atoms with Gasteiger partial charge in [-0.3, -0.25) is 9.59 Å². The molecule has 0 radical (unpaired) electrons. The van der Waals surface area contributed by atoms with Crippen molar-refractivity contribution in [2.75, 3.05) is 20.2 Å². The lowest BCUT2D eigenvalue weighted by Gasteiger charge is -2.34. The van der Waals surface area contributed by atoms with Crippen LogP contribution in [0.1, 0.15) is 83.5 Å². The number of fused-ring (bicyclic) bond motifs is 1. The third-order valence-corrected chi connectivity index (χ3v) is 6.27. The largest absolute Gasteiger partial charge is 0.497 e. The number of nitrogens with zero attached hydrogens (tertiary/aromatic N) is 1. The van der Waals surface area contributed by atoms with Gasteiger partial charge < -0.3 is 25.1 Å². The Bertz CT molecular complexity index is 1020. The lowest BCUT2D eigenvalue weighted by atomic mass is 9.88. The zero-order valence-corrected chi connectivity index (χ0v) is 22.7. The molecule has 1 amide bonds. The van der Waals surface area contributed by atoms with Gasteiger partial charge in [0.1, 0.15) is 17.4 Å². The molecule has 1 unspecified atom stereocenters.